The highest BCUT2D eigenvalue weighted by molar-refractivity contribution is 5.48. The zero-order valence-corrected chi connectivity index (χ0v) is 13.0. The Morgan fingerprint density at radius 2 is 2.00 bits per heavy atom. The molecular weight excluding hydrogens is 262 g/mol. The van der Waals surface area contributed by atoms with Crippen LogP contribution in [0.1, 0.15) is 44.2 Å². The Labute approximate surface area is 126 Å². The van der Waals surface area contributed by atoms with Gasteiger partial charge in [-0.3, -0.25) is 0 Å². The third-order valence-corrected chi connectivity index (χ3v) is 3.27. The number of anilines is 1. The summed E-state index contributed by atoms with van der Waals surface area (Å²) < 4.78 is 6.03. The standard InChI is InChI=1S/C17H23N3O/c1-4-5-11-18-17-16(12-19-14(3)20-17)21-13(2)15-9-7-6-8-10-15/h6-10,12-13H,4-5,11H2,1-3H3,(H,18,19,20)/t13-/m1/s1. The second-order valence-electron chi connectivity index (χ2n) is 5.08. The van der Waals surface area contributed by atoms with Crippen molar-refractivity contribution in [3.05, 3.63) is 47.9 Å². The molecule has 0 bridgehead atoms. The number of aromatic nitrogens is 2. The molecule has 0 spiro atoms. The number of nitrogens with one attached hydrogen (secondary N) is 1. The number of nitrogens with zero attached hydrogens (tertiary/aromatic N) is 2. The first kappa shape index (κ1) is 15.3. The summed E-state index contributed by atoms with van der Waals surface area (Å²) in [6.07, 6.45) is 3.96. The van der Waals surface area contributed by atoms with E-state index in [1.165, 1.54) is 0 Å². The van der Waals surface area contributed by atoms with Crippen molar-refractivity contribution in [2.75, 3.05) is 11.9 Å². The second kappa shape index (κ2) is 7.62. The summed E-state index contributed by atoms with van der Waals surface area (Å²) in [4.78, 5) is 8.68. The van der Waals surface area contributed by atoms with Gasteiger partial charge in [-0.1, -0.05) is 43.7 Å². The summed E-state index contributed by atoms with van der Waals surface area (Å²) in [6.45, 7) is 6.98. The van der Waals surface area contributed by atoms with Crippen LogP contribution in [0.4, 0.5) is 5.82 Å². The van der Waals surface area contributed by atoms with Crippen LogP contribution in [0.2, 0.25) is 0 Å². The Morgan fingerprint density at radius 3 is 2.71 bits per heavy atom. The molecule has 4 nitrogen and oxygen atoms in total. The van der Waals surface area contributed by atoms with Crippen molar-refractivity contribution in [3.63, 3.8) is 0 Å². The molecule has 0 amide bonds. The minimum Gasteiger partial charge on any atom is -0.481 e. The van der Waals surface area contributed by atoms with Gasteiger partial charge in [0.05, 0.1) is 6.20 Å². The van der Waals surface area contributed by atoms with Crippen molar-refractivity contribution in [1.29, 1.82) is 0 Å². The molecule has 0 aliphatic heterocycles. The van der Waals surface area contributed by atoms with Crippen molar-refractivity contribution in [3.8, 4) is 5.75 Å². The number of aryl methyl sites for hydroxylation is 1. The fraction of sp³-hybridized carbons (Fsp3) is 0.412. The summed E-state index contributed by atoms with van der Waals surface area (Å²) in [5.74, 6) is 2.22. The van der Waals surface area contributed by atoms with Crippen LogP contribution in [0.25, 0.3) is 0 Å². The quantitative estimate of drug-likeness (QED) is 0.777. The molecule has 2 rings (SSSR count). The zero-order valence-electron chi connectivity index (χ0n) is 13.0. The molecule has 0 unspecified atom stereocenters. The number of hydrogen-bond acceptors (Lipinski definition) is 4. The summed E-state index contributed by atoms with van der Waals surface area (Å²) in [6, 6.07) is 10.2. The molecule has 0 saturated carbocycles. The first-order valence-electron chi connectivity index (χ1n) is 7.49. The van der Waals surface area contributed by atoms with E-state index >= 15 is 0 Å². The largest absolute Gasteiger partial charge is 0.481 e. The van der Waals surface area contributed by atoms with E-state index in [4.69, 9.17) is 4.74 Å². The minimum absolute atomic E-state index is 0.0377. The fourth-order valence-electron chi connectivity index (χ4n) is 2.04. The van der Waals surface area contributed by atoms with Crippen LogP contribution in [-0.2, 0) is 0 Å². The van der Waals surface area contributed by atoms with Gasteiger partial charge >= 0.3 is 0 Å². The maximum Gasteiger partial charge on any atom is 0.180 e. The predicted octanol–water partition coefficient (Wildman–Crippen LogP) is 4.14. The minimum atomic E-state index is -0.0377. The first-order valence-corrected chi connectivity index (χ1v) is 7.49. The SMILES string of the molecule is CCCCNc1nc(C)ncc1O[C@H](C)c1ccccc1. The van der Waals surface area contributed by atoms with Crippen molar-refractivity contribution >= 4 is 5.82 Å². The number of rotatable bonds is 7. The van der Waals surface area contributed by atoms with Gasteiger partial charge in [-0.05, 0) is 25.8 Å². The van der Waals surface area contributed by atoms with Gasteiger partial charge in [-0.25, -0.2) is 9.97 Å². The average molecular weight is 285 g/mol. The summed E-state index contributed by atoms with van der Waals surface area (Å²) >= 11 is 0. The van der Waals surface area contributed by atoms with Crippen molar-refractivity contribution in [2.45, 2.75) is 39.7 Å². The molecule has 2 aromatic rings. The Kier molecular flexibility index (Phi) is 5.55. The maximum atomic E-state index is 6.03. The first-order chi connectivity index (χ1) is 10.2. The third kappa shape index (κ3) is 4.45. The molecule has 0 aliphatic carbocycles. The Hall–Kier alpha value is -2.10. The molecule has 1 heterocycles. The van der Waals surface area contributed by atoms with E-state index < -0.39 is 0 Å². The van der Waals surface area contributed by atoms with Gasteiger partial charge in [0.15, 0.2) is 11.6 Å². The van der Waals surface area contributed by atoms with Gasteiger partial charge in [-0.2, -0.15) is 0 Å². The molecule has 21 heavy (non-hydrogen) atoms. The number of hydrogen-bond donors (Lipinski definition) is 1. The third-order valence-electron chi connectivity index (χ3n) is 3.27. The number of unbranched alkanes of at least 4 members (excludes halogenated alkanes) is 1. The van der Waals surface area contributed by atoms with E-state index in [0.29, 0.717) is 5.75 Å². The molecule has 0 saturated heterocycles. The number of ether oxygens (including phenoxy) is 1. The van der Waals surface area contributed by atoms with Gasteiger partial charge in [0.25, 0.3) is 0 Å². The van der Waals surface area contributed by atoms with Crippen LogP contribution in [0.5, 0.6) is 5.75 Å². The van der Waals surface area contributed by atoms with E-state index in [1.807, 2.05) is 32.0 Å². The van der Waals surface area contributed by atoms with Gasteiger partial charge in [0, 0.05) is 6.54 Å². The lowest BCUT2D eigenvalue weighted by molar-refractivity contribution is 0.226. The van der Waals surface area contributed by atoms with Crippen LogP contribution in [-0.4, -0.2) is 16.5 Å². The topological polar surface area (TPSA) is 47.0 Å². The summed E-state index contributed by atoms with van der Waals surface area (Å²) in [5.41, 5.74) is 1.14. The monoisotopic (exact) mass is 285 g/mol. The van der Waals surface area contributed by atoms with Gasteiger partial charge in [0.1, 0.15) is 11.9 Å². The average Bonchev–Trinajstić information content (AvgIpc) is 2.51. The Balaban J connectivity index is 2.11. The predicted molar refractivity (Wildman–Crippen MR) is 85.7 cm³/mol. The molecule has 1 atom stereocenters. The highest BCUT2D eigenvalue weighted by Gasteiger charge is 2.12. The lowest BCUT2D eigenvalue weighted by Crippen LogP contribution is -2.10. The van der Waals surface area contributed by atoms with E-state index in [1.54, 1.807) is 6.20 Å². The van der Waals surface area contributed by atoms with Gasteiger partial charge in [0.2, 0.25) is 0 Å². The maximum absolute atomic E-state index is 6.03. The highest BCUT2D eigenvalue weighted by atomic mass is 16.5. The van der Waals surface area contributed by atoms with Crippen LogP contribution in [0.3, 0.4) is 0 Å². The molecular formula is C17H23N3O. The van der Waals surface area contributed by atoms with E-state index in [-0.39, 0.29) is 6.10 Å². The molecule has 1 N–H and O–H groups in total. The molecule has 1 aromatic carbocycles. The lowest BCUT2D eigenvalue weighted by Gasteiger charge is -2.17. The molecule has 1 aromatic heterocycles. The Morgan fingerprint density at radius 1 is 1.24 bits per heavy atom. The van der Waals surface area contributed by atoms with Crippen LogP contribution >= 0.6 is 0 Å². The molecule has 0 radical (unpaired) electrons. The Bertz CT molecular complexity index is 557. The van der Waals surface area contributed by atoms with Crippen LogP contribution in [0.15, 0.2) is 36.5 Å². The molecule has 0 aliphatic rings. The highest BCUT2D eigenvalue weighted by Crippen LogP contribution is 2.27. The van der Waals surface area contributed by atoms with E-state index in [0.717, 1.165) is 36.6 Å². The smallest absolute Gasteiger partial charge is 0.180 e. The normalized spacial score (nSPS) is 12.0. The molecule has 112 valence electrons. The van der Waals surface area contributed by atoms with E-state index in [9.17, 15) is 0 Å². The lowest BCUT2D eigenvalue weighted by atomic mass is 10.1. The van der Waals surface area contributed by atoms with Gasteiger partial charge in [-0.15, -0.1) is 0 Å². The second-order valence-corrected chi connectivity index (χ2v) is 5.08. The molecule has 0 fully saturated rings. The zero-order chi connectivity index (χ0) is 15.1. The molecule has 4 heteroatoms. The van der Waals surface area contributed by atoms with Crippen molar-refractivity contribution in [2.24, 2.45) is 0 Å². The summed E-state index contributed by atoms with van der Waals surface area (Å²) in [7, 11) is 0. The van der Waals surface area contributed by atoms with Gasteiger partial charge < -0.3 is 10.1 Å². The van der Waals surface area contributed by atoms with E-state index in [2.05, 4.69) is 34.3 Å². The summed E-state index contributed by atoms with van der Waals surface area (Å²) in [5, 5.41) is 3.34. The number of benzene rings is 1. The van der Waals surface area contributed by atoms with Crippen molar-refractivity contribution < 1.29 is 4.74 Å². The van der Waals surface area contributed by atoms with Crippen LogP contribution in [0, 0.1) is 6.92 Å². The fourth-order valence-corrected chi connectivity index (χ4v) is 2.04. The van der Waals surface area contributed by atoms with Crippen LogP contribution < -0.4 is 10.1 Å². The van der Waals surface area contributed by atoms with Crippen molar-refractivity contribution in [1.82, 2.24) is 9.97 Å².